The number of carbonyl (C=O) groups is 1. The Kier molecular flexibility index (Phi) is 5.13. The molecule has 0 bridgehead atoms. The lowest BCUT2D eigenvalue weighted by atomic mass is 10.2. The summed E-state index contributed by atoms with van der Waals surface area (Å²) in [4.78, 5) is 14.3. The molecule has 1 aromatic rings. The van der Waals surface area contributed by atoms with E-state index in [0.29, 0.717) is 18.2 Å². The van der Waals surface area contributed by atoms with Gasteiger partial charge in [0, 0.05) is 25.6 Å². The quantitative estimate of drug-likeness (QED) is 0.735. The summed E-state index contributed by atoms with van der Waals surface area (Å²) in [5.74, 6) is 0.149. The summed E-state index contributed by atoms with van der Waals surface area (Å²) in [6.45, 7) is 2.36. The molecule has 0 radical (unpaired) electrons. The fourth-order valence-electron chi connectivity index (χ4n) is 1.90. The van der Waals surface area contributed by atoms with Crippen molar-refractivity contribution in [3.05, 3.63) is 16.4 Å². The monoisotopic (exact) mass is 328 g/mol. The van der Waals surface area contributed by atoms with Gasteiger partial charge in [0.1, 0.15) is 5.69 Å². The summed E-state index contributed by atoms with van der Waals surface area (Å²) in [7, 11) is 4.03. The van der Waals surface area contributed by atoms with Crippen LogP contribution in [0.1, 0.15) is 29.8 Å². The van der Waals surface area contributed by atoms with E-state index in [2.05, 4.69) is 31.2 Å². The summed E-state index contributed by atoms with van der Waals surface area (Å²) < 4.78 is 2.59. The minimum atomic E-state index is 0.149. The molecule has 0 aromatic carbocycles. The summed E-state index contributed by atoms with van der Waals surface area (Å²) in [6.07, 6.45) is 4.73. The van der Waals surface area contributed by atoms with Crippen LogP contribution in [0.3, 0.4) is 0 Å². The number of aromatic nitrogens is 2. The summed E-state index contributed by atoms with van der Waals surface area (Å²) >= 11 is 3.42. The minimum absolute atomic E-state index is 0.149. The molecule has 0 spiro atoms. The van der Waals surface area contributed by atoms with Gasteiger partial charge in [-0.2, -0.15) is 5.10 Å². The van der Waals surface area contributed by atoms with Crippen molar-refractivity contribution in [3.8, 4) is 0 Å². The molecule has 0 aliphatic heterocycles. The van der Waals surface area contributed by atoms with Crippen molar-refractivity contribution in [2.45, 2.75) is 31.8 Å². The van der Waals surface area contributed by atoms with Gasteiger partial charge in [-0.3, -0.25) is 9.48 Å². The summed E-state index contributed by atoms with van der Waals surface area (Å²) in [5.41, 5.74) is 0.694. The lowest BCUT2D eigenvalue weighted by molar-refractivity contribution is 0.0970. The van der Waals surface area contributed by atoms with Gasteiger partial charge in [0.2, 0.25) is 0 Å². The zero-order valence-corrected chi connectivity index (χ0v) is 13.1. The van der Waals surface area contributed by atoms with Crippen molar-refractivity contribution in [2.75, 3.05) is 27.2 Å². The maximum absolute atomic E-state index is 12.2. The molecule has 0 atom stereocenters. The second-order valence-electron chi connectivity index (χ2n) is 5.27. The molecule has 0 amide bonds. The maximum Gasteiger partial charge on any atom is 0.183 e. The van der Waals surface area contributed by atoms with E-state index in [-0.39, 0.29) is 5.78 Å². The van der Waals surface area contributed by atoms with E-state index in [9.17, 15) is 4.79 Å². The molecule has 2 rings (SSSR count). The SMILES string of the molecule is CN(C)CCn1ncc(Br)c1C(=O)CCNC1CC1. The first kappa shape index (κ1) is 14.7. The highest BCUT2D eigenvalue weighted by molar-refractivity contribution is 9.10. The van der Waals surface area contributed by atoms with Crippen LogP contribution < -0.4 is 5.32 Å². The number of nitrogens with one attached hydrogen (secondary N) is 1. The average Bonchev–Trinajstić information content (AvgIpc) is 3.09. The first-order valence-corrected chi connectivity index (χ1v) is 7.50. The highest BCUT2D eigenvalue weighted by Gasteiger charge is 2.21. The molecule has 1 fully saturated rings. The molecule has 0 saturated heterocycles. The number of Topliss-reactive ketones (excluding diaryl/α,β-unsaturated/α-hetero) is 1. The largest absolute Gasteiger partial charge is 0.314 e. The van der Waals surface area contributed by atoms with Crippen molar-refractivity contribution >= 4 is 21.7 Å². The van der Waals surface area contributed by atoms with E-state index in [1.165, 1.54) is 12.8 Å². The molecule has 1 heterocycles. The van der Waals surface area contributed by atoms with Crippen LogP contribution in [0, 0.1) is 0 Å². The van der Waals surface area contributed by atoms with E-state index in [0.717, 1.165) is 24.1 Å². The van der Waals surface area contributed by atoms with Gasteiger partial charge in [0.05, 0.1) is 17.2 Å². The highest BCUT2D eigenvalue weighted by atomic mass is 79.9. The van der Waals surface area contributed by atoms with Crippen LogP contribution in [-0.4, -0.2) is 53.7 Å². The van der Waals surface area contributed by atoms with Crippen LogP contribution >= 0.6 is 15.9 Å². The van der Waals surface area contributed by atoms with Crippen LogP contribution in [0.5, 0.6) is 0 Å². The lowest BCUT2D eigenvalue weighted by Crippen LogP contribution is -2.24. The molecule has 1 aliphatic rings. The number of halogens is 1. The number of rotatable bonds is 8. The van der Waals surface area contributed by atoms with Crippen molar-refractivity contribution in [2.24, 2.45) is 0 Å². The smallest absolute Gasteiger partial charge is 0.183 e. The number of nitrogens with zero attached hydrogens (tertiary/aromatic N) is 3. The Bertz CT molecular complexity index is 440. The van der Waals surface area contributed by atoms with Crippen LogP contribution in [0.2, 0.25) is 0 Å². The summed E-state index contributed by atoms with van der Waals surface area (Å²) in [6, 6.07) is 0.648. The average molecular weight is 329 g/mol. The van der Waals surface area contributed by atoms with Crippen LogP contribution in [-0.2, 0) is 6.54 Å². The lowest BCUT2D eigenvalue weighted by Gasteiger charge is -2.12. The van der Waals surface area contributed by atoms with Crippen molar-refractivity contribution in [3.63, 3.8) is 0 Å². The normalized spacial score (nSPS) is 15.2. The van der Waals surface area contributed by atoms with E-state index >= 15 is 0 Å². The second-order valence-corrected chi connectivity index (χ2v) is 6.12. The fourth-order valence-corrected chi connectivity index (χ4v) is 2.42. The fraction of sp³-hybridized carbons (Fsp3) is 0.692. The predicted octanol–water partition coefficient (Wildman–Crippen LogP) is 1.53. The topological polar surface area (TPSA) is 50.2 Å². The molecule has 1 aromatic heterocycles. The Morgan fingerprint density at radius 3 is 2.95 bits per heavy atom. The first-order valence-electron chi connectivity index (χ1n) is 6.70. The van der Waals surface area contributed by atoms with Gasteiger partial charge in [-0.25, -0.2) is 0 Å². The molecular formula is C13H21BrN4O. The number of ketones is 1. The maximum atomic E-state index is 12.2. The molecule has 1 N–H and O–H groups in total. The van der Waals surface area contributed by atoms with E-state index in [1.807, 2.05) is 14.1 Å². The Balaban J connectivity index is 1.92. The van der Waals surface area contributed by atoms with E-state index in [1.54, 1.807) is 10.9 Å². The molecule has 0 unspecified atom stereocenters. The highest BCUT2D eigenvalue weighted by Crippen LogP contribution is 2.20. The van der Waals surface area contributed by atoms with Gasteiger partial charge in [-0.05, 0) is 42.9 Å². The Morgan fingerprint density at radius 2 is 2.32 bits per heavy atom. The summed E-state index contributed by atoms with van der Waals surface area (Å²) in [5, 5.41) is 7.63. The molecule has 106 valence electrons. The molecule has 5 nitrogen and oxygen atoms in total. The van der Waals surface area contributed by atoms with E-state index < -0.39 is 0 Å². The van der Waals surface area contributed by atoms with Crippen molar-refractivity contribution < 1.29 is 4.79 Å². The first-order chi connectivity index (χ1) is 9.08. The standard InChI is InChI=1S/C13H21BrN4O/c1-17(2)7-8-18-13(11(14)9-16-18)12(19)5-6-15-10-3-4-10/h9-10,15H,3-8H2,1-2H3. The van der Waals surface area contributed by atoms with Gasteiger partial charge in [0.25, 0.3) is 0 Å². The van der Waals surface area contributed by atoms with Gasteiger partial charge >= 0.3 is 0 Å². The van der Waals surface area contributed by atoms with Gasteiger partial charge in [0.15, 0.2) is 5.78 Å². The van der Waals surface area contributed by atoms with Crippen LogP contribution in [0.4, 0.5) is 0 Å². The molecule has 1 aliphatic carbocycles. The minimum Gasteiger partial charge on any atom is -0.314 e. The molecule has 6 heteroatoms. The van der Waals surface area contributed by atoms with Crippen molar-refractivity contribution in [1.29, 1.82) is 0 Å². The van der Waals surface area contributed by atoms with Crippen LogP contribution in [0.25, 0.3) is 0 Å². The second kappa shape index (κ2) is 6.63. The predicted molar refractivity (Wildman–Crippen MR) is 78.5 cm³/mol. The number of hydrogen-bond donors (Lipinski definition) is 1. The number of likely N-dealkylation sites (N-methyl/N-ethyl adjacent to an activating group) is 1. The van der Waals surface area contributed by atoms with Gasteiger partial charge in [-0.1, -0.05) is 0 Å². The number of hydrogen-bond acceptors (Lipinski definition) is 4. The Morgan fingerprint density at radius 1 is 1.58 bits per heavy atom. The third-order valence-electron chi connectivity index (χ3n) is 3.18. The third-order valence-corrected chi connectivity index (χ3v) is 3.76. The zero-order valence-electron chi connectivity index (χ0n) is 11.5. The number of carbonyl (C=O) groups excluding carboxylic acids is 1. The zero-order chi connectivity index (χ0) is 13.8. The Labute approximate surface area is 122 Å². The van der Waals surface area contributed by atoms with E-state index in [4.69, 9.17) is 0 Å². The molecular weight excluding hydrogens is 308 g/mol. The van der Waals surface area contributed by atoms with Gasteiger partial charge < -0.3 is 10.2 Å². The van der Waals surface area contributed by atoms with Crippen molar-refractivity contribution in [1.82, 2.24) is 20.0 Å². The van der Waals surface area contributed by atoms with Gasteiger partial charge in [-0.15, -0.1) is 0 Å². The third kappa shape index (κ3) is 4.40. The molecule has 19 heavy (non-hydrogen) atoms. The molecule has 1 saturated carbocycles. The Hall–Kier alpha value is -0.720. The van der Waals surface area contributed by atoms with Crippen LogP contribution in [0.15, 0.2) is 10.7 Å².